The van der Waals surface area contributed by atoms with Crippen molar-refractivity contribution in [3.8, 4) is 0 Å². The highest BCUT2D eigenvalue weighted by molar-refractivity contribution is 9.10. The Kier molecular flexibility index (Phi) is 4.96. The molecule has 0 bridgehead atoms. The lowest BCUT2D eigenvalue weighted by Crippen LogP contribution is -2.15. The first-order chi connectivity index (χ1) is 8.00. The highest BCUT2D eigenvalue weighted by atomic mass is 79.9. The molecule has 6 heteroatoms. The van der Waals surface area contributed by atoms with Gasteiger partial charge in [0.1, 0.15) is 0 Å². The molecular weight excluding hydrogens is 288 g/mol. The summed E-state index contributed by atoms with van der Waals surface area (Å²) in [5.41, 5.74) is 6.23. The summed E-state index contributed by atoms with van der Waals surface area (Å²) in [4.78, 5) is 21.5. The third-order valence-electron chi connectivity index (χ3n) is 2.13. The predicted molar refractivity (Wildman–Crippen MR) is 68.0 cm³/mol. The molecule has 0 atom stereocenters. The van der Waals surface area contributed by atoms with Crippen LogP contribution in [0.3, 0.4) is 0 Å². The van der Waals surface area contributed by atoms with E-state index in [0.717, 1.165) is 4.47 Å². The molecule has 0 heterocycles. The summed E-state index contributed by atoms with van der Waals surface area (Å²) < 4.78 is 0.822. The molecule has 0 aliphatic rings. The molecule has 1 amide bonds. The Morgan fingerprint density at radius 1 is 1.41 bits per heavy atom. The third kappa shape index (κ3) is 4.44. The zero-order chi connectivity index (χ0) is 12.8. The number of benzene rings is 1. The predicted octanol–water partition coefficient (Wildman–Crippen LogP) is 1.82. The van der Waals surface area contributed by atoms with Crippen molar-refractivity contribution in [2.24, 2.45) is 5.73 Å². The fourth-order valence-corrected chi connectivity index (χ4v) is 1.70. The fraction of sp³-hybridized carbons (Fsp3) is 0.273. The van der Waals surface area contributed by atoms with E-state index in [1.807, 2.05) is 0 Å². The Morgan fingerprint density at radius 3 is 2.71 bits per heavy atom. The molecule has 1 aromatic rings. The number of carbonyl (C=O) groups excluding carboxylic acids is 1. The van der Waals surface area contributed by atoms with Crippen molar-refractivity contribution in [2.75, 3.05) is 11.9 Å². The van der Waals surface area contributed by atoms with E-state index >= 15 is 0 Å². The molecule has 0 saturated heterocycles. The van der Waals surface area contributed by atoms with Crippen molar-refractivity contribution in [1.29, 1.82) is 0 Å². The molecule has 0 spiro atoms. The van der Waals surface area contributed by atoms with E-state index in [-0.39, 0.29) is 6.42 Å². The lowest BCUT2D eigenvalue weighted by atomic mass is 10.1. The number of primary amides is 1. The maximum atomic E-state index is 11.1. The first-order valence-electron chi connectivity index (χ1n) is 5.05. The monoisotopic (exact) mass is 300 g/mol. The smallest absolute Gasteiger partial charge is 0.303 e. The van der Waals surface area contributed by atoms with Crippen molar-refractivity contribution >= 4 is 33.5 Å². The molecule has 0 aromatic heterocycles. The van der Waals surface area contributed by atoms with Gasteiger partial charge < -0.3 is 16.2 Å². The number of hydrogen-bond acceptors (Lipinski definition) is 3. The molecular formula is C11H13BrN2O3. The molecule has 0 saturated carbocycles. The van der Waals surface area contributed by atoms with Gasteiger partial charge in [-0.3, -0.25) is 9.59 Å². The van der Waals surface area contributed by atoms with E-state index in [2.05, 4.69) is 21.2 Å². The molecule has 0 unspecified atom stereocenters. The zero-order valence-corrected chi connectivity index (χ0v) is 10.7. The van der Waals surface area contributed by atoms with E-state index in [0.29, 0.717) is 24.2 Å². The van der Waals surface area contributed by atoms with E-state index in [4.69, 9.17) is 10.8 Å². The highest BCUT2D eigenvalue weighted by Gasteiger charge is 2.08. The van der Waals surface area contributed by atoms with Crippen LogP contribution in [0, 0.1) is 0 Å². The summed E-state index contributed by atoms with van der Waals surface area (Å²) in [7, 11) is 0. The molecule has 0 aliphatic carbocycles. The first-order valence-corrected chi connectivity index (χ1v) is 5.85. The van der Waals surface area contributed by atoms with E-state index < -0.39 is 11.9 Å². The molecule has 92 valence electrons. The number of hydrogen-bond donors (Lipinski definition) is 3. The van der Waals surface area contributed by atoms with Crippen LogP contribution in [0.25, 0.3) is 0 Å². The van der Waals surface area contributed by atoms with Gasteiger partial charge in [-0.15, -0.1) is 0 Å². The minimum absolute atomic E-state index is 0.0902. The standard InChI is InChI=1S/C11H13BrN2O3/c12-7-3-4-8(11(13)17)9(6-7)14-5-1-2-10(15)16/h3-4,6,14H,1-2,5H2,(H2,13,17)(H,15,16). The normalized spacial score (nSPS) is 9.94. The van der Waals surface area contributed by atoms with Crippen LogP contribution in [0.15, 0.2) is 22.7 Å². The summed E-state index contributed by atoms with van der Waals surface area (Å²) in [5.74, 6) is -1.35. The van der Waals surface area contributed by atoms with Crippen molar-refractivity contribution in [3.63, 3.8) is 0 Å². The fourth-order valence-electron chi connectivity index (χ4n) is 1.34. The van der Waals surface area contributed by atoms with Gasteiger partial charge in [0.2, 0.25) is 0 Å². The lowest BCUT2D eigenvalue weighted by molar-refractivity contribution is -0.137. The maximum Gasteiger partial charge on any atom is 0.303 e. The molecule has 0 radical (unpaired) electrons. The maximum absolute atomic E-state index is 11.1. The largest absolute Gasteiger partial charge is 0.481 e. The number of aliphatic carboxylic acids is 1. The van der Waals surface area contributed by atoms with Crippen LogP contribution in [-0.2, 0) is 4.79 Å². The number of anilines is 1. The second kappa shape index (κ2) is 6.24. The lowest BCUT2D eigenvalue weighted by Gasteiger charge is -2.09. The number of amides is 1. The minimum atomic E-state index is -0.837. The molecule has 4 N–H and O–H groups in total. The number of carboxylic acid groups (broad SMARTS) is 1. The quantitative estimate of drug-likeness (QED) is 0.699. The third-order valence-corrected chi connectivity index (χ3v) is 2.62. The van der Waals surface area contributed by atoms with Gasteiger partial charge in [0.15, 0.2) is 0 Å². The van der Waals surface area contributed by atoms with Crippen molar-refractivity contribution in [2.45, 2.75) is 12.8 Å². The second-order valence-electron chi connectivity index (χ2n) is 3.48. The van der Waals surface area contributed by atoms with E-state index in [1.54, 1.807) is 18.2 Å². The van der Waals surface area contributed by atoms with Gasteiger partial charge in [0, 0.05) is 23.1 Å². The topological polar surface area (TPSA) is 92.4 Å². The molecule has 0 aliphatic heterocycles. The van der Waals surface area contributed by atoms with Gasteiger partial charge in [0.25, 0.3) is 5.91 Å². The number of nitrogens with one attached hydrogen (secondary N) is 1. The Morgan fingerprint density at radius 2 is 2.12 bits per heavy atom. The number of carbonyl (C=O) groups is 2. The van der Waals surface area contributed by atoms with Crippen LogP contribution < -0.4 is 11.1 Å². The zero-order valence-electron chi connectivity index (χ0n) is 9.07. The Labute approximate surface area is 107 Å². The average Bonchev–Trinajstić information content (AvgIpc) is 2.23. The average molecular weight is 301 g/mol. The highest BCUT2D eigenvalue weighted by Crippen LogP contribution is 2.21. The molecule has 5 nitrogen and oxygen atoms in total. The van der Waals surface area contributed by atoms with Gasteiger partial charge in [-0.05, 0) is 24.6 Å². The Balaban J connectivity index is 2.65. The van der Waals surface area contributed by atoms with E-state index in [1.165, 1.54) is 0 Å². The first kappa shape index (κ1) is 13.5. The van der Waals surface area contributed by atoms with E-state index in [9.17, 15) is 9.59 Å². The summed E-state index contributed by atoms with van der Waals surface area (Å²) in [6.45, 7) is 0.475. The molecule has 17 heavy (non-hydrogen) atoms. The Hall–Kier alpha value is -1.56. The summed E-state index contributed by atoms with van der Waals surface area (Å²) in [5, 5.41) is 11.5. The van der Waals surface area contributed by atoms with Crippen LogP contribution in [0.2, 0.25) is 0 Å². The Bertz CT molecular complexity index is 435. The minimum Gasteiger partial charge on any atom is -0.481 e. The van der Waals surface area contributed by atoms with Crippen molar-refractivity contribution < 1.29 is 14.7 Å². The van der Waals surface area contributed by atoms with Gasteiger partial charge in [-0.25, -0.2) is 0 Å². The molecule has 0 fully saturated rings. The second-order valence-corrected chi connectivity index (χ2v) is 4.39. The summed E-state index contributed by atoms with van der Waals surface area (Å²) >= 11 is 3.29. The number of nitrogens with two attached hydrogens (primary N) is 1. The van der Waals surface area contributed by atoms with Gasteiger partial charge in [0.05, 0.1) is 5.56 Å². The van der Waals surface area contributed by atoms with Crippen LogP contribution in [0.4, 0.5) is 5.69 Å². The van der Waals surface area contributed by atoms with Crippen molar-refractivity contribution in [1.82, 2.24) is 0 Å². The van der Waals surface area contributed by atoms with Crippen molar-refractivity contribution in [3.05, 3.63) is 28.2 Å². The molecule has 1 aromatic carbocycles. The number of carboxylic acids is 1. The summed E-state index contributed by atoms with van der Waals surface area (Å²) in [6.07, 6.45) is 0.576. The van der Waals surface area contributed by atoms with Crippen LogP contribution in [0.5, 0.6) is 0 Å². The van der Waals surface area contributed by atoms with Gasteiger partial charge in [-0.1, -0.05) is 15.9 Å². The number of halogens is 1. The van der Waals surface area contributed by atoms with Crippen LogP contribution in [0.1, 0.15) is 23.2 Å². The summed E-state index contributed by atoms with van der Waals surface area (Å²) in [6, 6.07) is 5.08. The van der Waals surface area contributed by atoms with Gasteiger partial charge in [-0.2, -0.15) is 0 Å². The van der Waals surface area contributed by atoms with Gasteiger partial charge >= 0.3 is 5.97 Å². The SMILES string of the molecule is NC(=O)c1ccc(Br)cc1NCCCC(=O)O. The van der Waals surface area contributed by atoms with Crippen LogP contribution >= 0.6 is 15.9 Å². The number of rotatable bonds is 6. The molecule has 1 rings (SSSR count). The van der Waals surface area contributed by atoms with Crippen LogP contribution in [-0.4, -0.2) is 23.5 Å².